The molecule has 2 fully saturated rings. The largest absolute Gasteiger partial charge is 0.493 e. The number of hydrogen-bond acceptors (Lipinski definition) is 6. The fourth-order valence-electron chi connectivity index (χ4n) is 6.10. The van der Waals surface area contributed by atoms with E-state index >= 15 is 0 Å². The average molecular weight is 640 g/mol. The van der Waals surface area contributed by atoms with E-state index in [1.165, 1.54) is 11.6 Å². The number of imidazole rings is 1. The Bertz CT molecular complexity index is 1520. The van der Waals surface area contributed by atoms with Crippen molar-refractivity contribution in [1.29, 1.82) is 0 Å². The van der Waals surface area contributed by atoms with Crippen molar-refractivity contribution in [1.82, 2.24) is 19.8 Å². The van der Waals surface area contributed by atoms with Crippen molar-refractivity contribution in [2.45, 2.75) is 55.9 Å². The number of rotatable bonds is 7. The van der Waals surface area contributed by atoms with Crippen molar-refractivity contribution in [2.75, 3.05) is 26.1 Å². The number of benzene rings is 2. The first kappa shape index (κ1) is 33.5. The van der Waals surface area contributed by atoms with Crippen molar-refractivity contribution in [2.24, 2.45) is 7.05 Å². The van der Waals surface area contributed by atoms with Crippen LogP contribution in [0.15, 0.2) is 48.8 Å². The minimum atomic E-state index is -5.08. The van der Waals surface area contributed by atoms with Gasteiger partial charge in [-0.25, -0.2) is 23.4 Å². The molecule has 2 aliphatic rings. The van der Waals surface area contributed by atoms with E-state index in [9.17, 15) is 26.7 Å². The van der Waals surface area contributed by atoms with Gasteiger partial charge in [0, 0.05) is 48.7 Å². The summed E-state index contributed by atoms with van der Waals surface area (Å²) in [5.41, 5.74) is 1.29. The molecule has 5 rings (SSSR count). The third-order valence-corrected chi connectivity index (χ3v) is 8.35. The monoisotopic (exact) mass is 639 g/mol. The van der Waals surface area contributed by atoms with Gasteiger partial charge in [0.15, 0.2) is 23.1 Å². The van der Waals surface area contributed by atoms with E-state index in [-0.39, 0.29) is 23.2 Å². The molecule has 3 aromatic rings. The Labute approximate surface area is 256 Å². The predicted molar refractivity (Wildman–Crippen MR) is 153 cm³/mol. The normalized spacial score (nSPS) is 21.2. The highest BCUT2D eigenvalue weighted by Gasteiger charge is 2.52. The molecule has 1 aliphatic carbocycles. The number of carboxylic acid groups (broad SMARTS) is 1. The standard InChI is InChI=1S/C28H33F2N5O3.C2HF3O2/c1-34-13-11-31-26(34)17-35-12-10-28(18-4-7-23(37-2)24(14-18)38-3)9-8-20(16-25(28)35)33-27(36)32-19-5-6-21(29)22(30)15-19;3-2(4,5)1(6)7/h4-7,11,13-15,20,25H,8-10,12,16-17H2,1-3H3,(H2,32,33,36);(H,6,7). The minimum absolute atomic E-state index is 0.0828. The molecule has 2 amide bonds. The zero-order valence-electron chi connectivity index (χ0n) is 24.8. The van der Waals surface area contributed by atoms with Crippen LogP contribution in [0.5, 0.6) is 11.5 Å². The van der Waals surface area contributed by atoms with Crippen LogP contribution in [-0.2, 0) is 23.8 Å². The maximum absolute atomic E-state index is 13.6. The van der Waals surface area contributed by atoms with E-state index in [1.54, 1.807) is 20.4 Å². The number of amides is 2. The molecule has 3 N–H and O–H groups in total. The second kappa shape index (κ2) is 13.7. The summed E-state index contributed by atoms with van der Waals surface area (Å²) in [5, 5.41) is 12.8. The lowest BCUT2D eigenvalue weighted by atomic mass is 9.65. The van der Waals surface area contributed by atoms with Crippen molar-refractivity contribution in [3.63, 3.8) is 0 Å². The number of likely N-dealkylation sites (tertiary alicyclic amines) is 1. The summed E-state index contributed by atoms with van der Waals surface area (Å²) in [6.07, 6.45) is 2.05. The van der Waals surface area contributed by atoms with Gasteiger partial charge in [0.25, 0.3) is 0 Å². The molecule has 1 saturated heterocycles. The van der Waals surface area contributed by atoms with E-state index in [4.69, 9.17) is 19.4 Å². The minimum Gasteiger partial charge on any atom is -0.493 e. The van der Waals surface area contributed by atoms with Crippen LogP contribution in [0.25, 0.3) is 0 Å². The van der Waals surface area contributed by atoms with Crippen molar-refractivity contribution >= 4 is 17.7 Å². The van der Waals surface area contributed by atoms with Gasteiger partial charge in [0.05, 0.1) is 20.8 Å². The molecule has 0 radical (unpaired) electrons. The van der Waals surface area contributed by atoms with Crippen LogP contribution in [0.3, 0.4) is 0 Å². The number of ether oxygens (including phenoxy) is 2. The molecular weight excluding hydrogens is 605 g/mol. The summed E-state index contributed by atoms with van der Waals surface area (Å²) < 4.78 is 71.7. The Morgan fingerprint density at radius 2 is 1.78 bits per heavy atom. The van der Waals surface area contributed by atoms with E-state index in [1.807, 2.05) is 23.9 Å². The smallest absolute Gasteiger partial charge is 0.490 e. The Balaban J connectivity index is 0.000000591. The summed E-state index contributed by atoms with van der Waals surface area (Å²) >= 11 is 0. The zero-order chi connectivity index (χ0) is 32.9. The maximum Gasteiger partial charge on any atom is 0.490 e. The quantitative estimate of drug-likeness (QED) is 0.303. The zero-order valence-corrected chi connectivity index (χ0v) is 24.8. The highest BCUT2D eigenvalue weighted by molar-refractivity contribution is 5.89. The van der Waals surface area contributed by atoms with Crippen molar-refractivity contribution in [3.8, 4) is 11.5 Å². The first-order valence-corrected chi connectivity index (χ1v) is 14.0. The Hall–Kier alpha value is -4.40. The van der Waals surface area contributed by atoms with Gasteiger partial charge in [-0.05, 0) is 62.1 Å². The fraction of sp³-hybridized carbons (Fsp3) is 0.433. The van der Waals surface area contributed by atoms with E-state index in [2.05, 4.69) is 32.7 Å². The lowest BCUT2D eigenvalue weighted by Crippen LogP contribution is -2.53. The van der Waals surface area contributed by atoms with Gasteiger partial charge in [0.2, 0.25) is 0 Å². The van der Waals surface area contributed by atoms with Crippen LogP contribution in [0.2, 0.25) is 0 Å². The lowest BCUT2D eigenvalue weighted by molar-refractivity contribution is -0.192. The average Bonchev–Trinajstić information content (AvgIpc) is 3.57. The summed E-state index contributed by atoms with van der Waals surface area (Å²) in [6.45, 7) is 1.61. The Kier molecular flexibility index (Phi) is 10.2. The van der Waals surface area contributed by atoms with Crippen LogP contribution in [0.4, 0.5) is 32.4 Å². The third-order valence-electron chi connectivity index (χ3n) is 8.35. The predicted octanol–water partition coefficient (Wildman–Crippen LogP) is 5.24. The molecule has 0 spiro atoms. The van der Waals surface area contributed by atoms with Crippen LogP contribution < -0.4 is 20.1 Å². The number of nitrogens with one attached hydrogen (secondary N) is 2. The fourth-order valence-corrected chi connectivity index (χ4v) is 6.10. The van der Waals surface area contributed by atoms with Crippen LogP contribution in [0, 0.1) is 11.6 Å². The van der Waals surface area contributed by atoms with E-state index in [0.29, 0.717) is 18.0 Å². The number of aryl methyl sites for hydroxylation is 1. The number of carbonyl (C=O) groups is 2. The Morgan fingerprint density at radius 3 is 2.38 bits per heavy atom. The number of carbonyl (C=O) groups excluding carboxylic acids is 1. The SMILES string of the molecule is COc1ccc(C23CCC(NC(=O)Nc4ccc(F)c(F)c4)CC2N(Cc2nccn2C)CC3)cc1OC.O=C(O)C(F)(F)F. The number of methoxy groups -OCH3 is 2. The number of hydrogen-bond donors (Lipinski definition) is 3. The number of fused-ring (bicyclic) bond motifs is 1. The van der Waals surface area contributed by atoms with Crippen molar-refractivity contribution < 1.29 is 46.1 Å². The van der Waals surface area contributed by atoms with Gasteiger partial charge in [-0.1, -0.05) is 6.07 Å². The van der Waals surface area contributed by atoms with Gasteiger partial charge in [-0.2, -0.15) is 13.2 Å². The molecule has 1 aromatic heterocycles. The number of aliphatic carboxylic acids is 1. The molecule has 2 aromatic carbocycles. The number of carboxylic acids is 1. The summed E-state index contributed by atoms with van der Waals surface area (Å²) in [5.74, 6) is -2.34. The molecule has 10 nitrogen and oxygen atoms in total. The summed E-state index contributed by atoms with van der Waals surface area (Å²) in [7, 11) is 5.27. The molecule has 1 saturated carbocycles. The number of aromatic nitrogens is 2. The molecule has 0 bridgehead atoms. The molecule has 45 heavy (non-hydrogen) atoms. The maximum atomic E-state index is 13.6. The molecule has 15 heteroatoms. The van der Waals surface area contributed by atoms with Gasteiger partial charge < -0.3 is 29.8 Å². The highest BCUT2D eigenvalue weighted by atomic mass is 19.4. The van der Waals surface area contributed by atoms with Crippen LogP contribution in [-0.4, -0.2) is 70.6 Å². The number of alkyl halides is 3. The molecule has 3 unspecified atom stereocenters. The first-order valence-electron chi connectivity index (χ1n) is 14.0. The third kappa shape index (κ3) is 7.64. The second-order valence-electron chi connectivity index (χ2n) is 10.9. The molecule has 1 aliphatic heterocycles. The summed E-state index contributed by atoms with van der Waals surface area (Å²) in [4.78, 5) is 28.7. The first-order chi connectivity index (χ1) is 21.3. The summed E-state index contributed by atoms with van der Waals surface area (Å²) in [6, 6.07) is 9.11. The topological polar surface area (TPSA) is 118 Å². The van der Waals surface area contributed by atoms with E-state index in [0.717, 1.165) is 50.2 Å². The number of anilines is 1. The second-order valence-corrected chi connectivity index (χ2v) is 10.9. The molecule has 244 valence electrons. The van der Waals surface area contributed by atoms with Gasteiger partial charge in [0.1, 0.15) is 5.82 Å². The van der Waals surface area contributed by atoms with Crippen LogP contribution >= 0.6 is 0 Å². The molecular formula is C30H34F5N5O5. The lowest BCUT2D eigenvalue weighted by Gasteiger charge is -2.45. The Morgan fingerprint density at radius 1 is 1.07 bits per heavy atom. The molecule has 2 heterocycles. The van der Waals surface area contributed by atoms with Gasteiger partial charge >= 0.3 is 18.2 Å². The highest BCUT2D eigenvalue weighted by Crippen LogP contribution is 2.50. The number of nitrogens with zero attached hydrogens (tertiary/aromatic N) is 3. The van der Waals surface area contributed by atoms with Gasteiger partial charge in [-0.3, -0.25) is 4.90 Å². The van der Waals surface area contributed by atoms with E-state index < -0.39 is 29.8 Å². The number of urea groups is 1. The van der Waals surface area contributed by atoms with Crippen LogP contribution in [0.1, 0.15) is 37.1 Å². The molecule has 3 atom stereocenters. The number of halogens is 5. The van der Waals surface area contributed by atoms with Crippen molar-refractivity contribution in [3.05, 3.63) is 71.8 Å². The van der Waals surface area contributed by atoms with Gasteiger partial charge in [-0.15, -0.1) is 0 Å².